The molecule has 0 amide bonds. The standard InChI is InChI=1S/C12H21NO4Si/c1-14-18(15-2,16-3)10-9-12(13)17-11-7-5-4-6-8-11/h4-8,12H,9-10,13H2,1-3H3. The molecule has 102 valence electrons. The quantitative estimate of drug-likeness (QED) is 0.575. The second kappa shape index (κ2) is 7.50. The van der Waals surface area contributed by atoms with Gasteiger partial charge in [-0.3, -0.25) is 5.73 Å². The van der Waals surface area contributed by atoms with E-state index in [1.54, 1.807) is 21.3 Å². The summed E-state index contributed by atoms with van der Waals surface area (Å²) in [6, 6.07) is 10.1. The highest BCUT2D eigenvalue weighted by Crippen LogP contribution is 2.18. The highest BCUT2D eigenvalue weighted by atomic mass is 28.4. The van der Waals surface area contributed by atoms with E-state index in [9.17, 15) is 0 Å². The summed E-state index contributed by atoms with van der Waals surface area (Å²) in [4.78, 5) is 0. The third kappa shape index (κ3) is 4.39. The molecule has 1 aromatic rings. The zero-order valence-corrected chi connectivity index (χ0v) is 12.1. The summed E-state index contributed by atoms with van der Waals surface area (Å²) in [6.07, 6.45) is 0.205. The number of para-hydroxylation sites is 1. The SMILES string of the molecule is CO[Si](CCC(N)Oc1ccccc1)(OC)OC. The predicted molar refractivity (Wildman–Crippen MR) is 71.3 cm³/mol. The van der Waals surface area contributed by atoms with Crippen LogP contribution in [0.25, 0.3) is 0 Å². The van der Waals surface area contributed by atoms with Crippen molar-refractivity contribution >= 4 is 8.80 Å². The molecule has 0 saturated heterocycles. The molecular formula is C12H21NO4Si. The van der Waals surface area contributed by atoms with E-state index in [2.05, 4.69) is 0 Å². The lowest BCUT2D eigenvalue weighted by molar-refractivity contribution is 0.115. The molecule has 0 aromatic heterocycles. The van der Waals surface area contributed by atoms with Gasteiger partial charge in [0.15, 0.2) is 0 Å². The van der Waals surface area contributed by atoms with E-state index >= 15 is 0 Å². The Kier molecular flexibility index (Phi) is 6.30. The van der Waals surface area contributed by atoms with E-state index < -0.39 is 15.0 Å². The molecule has 2 N–H and O–H groups in total. The van der Waals surface area contributed by atoms with Crippen LogP contribution in [0.3, 0.4) is 0 Å². The van der Waals surface area contributed by atoms with E-state index in [1.807, 2.05) is 30.3 Å². The Balaban J connectivity index is 2.43. The molecule has 1 atom stereocenters. The molecular weight excluding hydrogens is 250 g/mol. The van der Waals surface area contributed by atoms with Crippen LogP contribution in [-0.4, -0.2) is 36.4 Å². The summed E-state index contributed by atoms with van der Waals surface area (Å²) in [5.74, 6) is 0.754. The monoisotopic (exact) mass is 271 g/mol. The molecule has 0 aliphatic heterocycles. The van der Waals surface area contributed by atoms with E-state index in [0.29, 0.717) is 12.5 Å². The number of benzene rings is 1. The van der Waals surface area contributed by atoms with Crippen LogP contribution in [0, 0.1) is 0 Å². The van der Waals surface area contributed by atoms with Crippen molar-refractivity contribution in [3.05, 3.63) is 30.3 Å². The summed E-state index contributed by atoms with van der Waals surface area (Å²) in [6.45, 7) is 0. The molecule has 6 heteroatoms. The van der Waals surface area contributed by atoms with Gasteiger partial charge in [0.25, 0.3) is 0 Å². The average Bonchev–Trinajstić information content (AvgIpc) is 2.42. The molecule has 18 heavy (non-hydrogen) atoms. The van der Waals surface area contributed by atoms with Crippen LogP contribution in [0.4, 0.5) is 0 Å². The van der Waals surface area contributed by atoms with Gasteiger partial charge in [-0.2, -0.15) is 0 Å². The lowest BCUT2D eigenvalue weighted by Gasteiger charge is -2.25. The van der Waals surface area contributed by atoms with Gasteiger partial charge < -0.3 is 18.0 Å². The molecule has 0 fully saturated rings. The molecule has 0 saturated carbocycles. The maximum Gasteiger partial charge on any atom is 0.500 e. The van der Waals surface area contributed by atoms with Crippen molar-refractivity contribution < 1.29 is 18.0 Å². The summed E-state index contributed by atoms with van der Waals surface area (Å²) in [7, 11) is 2.20. The molecule has 0 heterocycles. The Morgan fingerprint density at radius 3 is 2.11 bits per heavy atom. The minimum absolute atomic E-state index is 0.403. The highest BCUT2D eigenvalue weighted by molar-refractivity contribution is 6.60. The summed E-state index contributed by atoms with van der Waals surface area (Å²) < 4.78 is 21.5. The fraction of sp³-hybridized carbons (Fsp3) is 0.500. The van der Waals surface area contributed by atoms with E-state index in [-0.39, 0.29) is 0 Å². The van der Waals surface area contributed by atoms with E-state index in [0.717, 1.165) is 5.75 Å². The van der Waals surface area contributed by atoms with Crippen molar-refractivity contribution in [1.82, 2.24) is 0 Å². The van der Waals surface area contributed by atoms with Crippen molar-refractivity contribution in [2.24, 2.45) is 5.73 Å². The van der Waals surface area contributed by atoms with Crippen LogP contribution in [0.15, 0.2) is 30.3 Å². The Morgan fingerprint density at radius 2 is 1.61 bits per heavy atom. The zero-order valence-electron chi connectivity index (χ0n) is 11.1. The van der Waals surface area contributed by atoms with Gasteiger partial charge in [-0.25, -0.2) is 0 Å². The van der Waals surface area contributed by atoms with Crippen molar-refractivity contribution in [3.8, 4) is 5.75 Å². The summed E-state index contributed by atoms with van der Waals surface area (Å²) in [5.41, 5.74) is 5.91. The minimum atomic E-state index is -2.56. The van der Waals surface area contributed by atoms with Crippen molar-refractivity contribution in [3.63, 3.8) is 0 Å². The Hall–Kier alpha value is -0.923. The first-order valence-corrected chi connectivity index (χ1v) is 7.71. The lowest BCUT2D eigenvalue weighted by atomic mass is 10.3. The fourth-order valence-electron chi connectivity index (χ4n) is 1.61. The van der Waals surface area contributed by atoms with Crippen LogP contribution in [0.1, 0.15) is 6.42 Å². The van der Waals surface area contributed by atoms with Gasteiger partial charge in [-0.05, 0) is 12.1 Å². The number of nitrogens with two attached hydrogens (primary N) is 1. The second-order valence-corrected chi connectivity index (χ2v) is 6.89. The third-order valence-electron chi connectivity index (χ3n) is 2.70. The van der Waals surface area contributed by atoms with Crippen LogP contribution in [0.2, 0.25) is 6.04 Å². The second-order valence-electron chi connectivity index (χ2n) is 3.80. The van der Waals surface area contributed by atoms with Crippen molar-refractivity contribution in [2.75, 3.05) is 21.3 Å². The predicted octanol–water partition coefficient (Wildman–Crippen LogP) is 1.62. The maximum atomic E-state index is 5.91. The lowest BCUT2D eigenvalue weighted by Crippen LogP contribution is -2.44. The molecule has 0 bridgehead atoms. The topological polar surface area (TPSA) is 62.9 Å². The van der Waals surface area contributed by atoms with E-state index in [4.69, 9.17) is 23.7 Å². The van der Waals surface area contributed by atoms with Gasteiger partial charge in [-0.1, -0.05) is 18.2 Å². The van der Waals surface area contributed by atoms with Gasteiger partial charge >= 0.3 is 8.80 Å². The van der Waals surface area contributed by atoms with Crippen molar-refractivity contribution in [2.45, 2.75) is 18.7 Å². The molecule has 1 unspecified atom stereocenters. The Labute approximate surface area is 109 Å². The van der Waals surface area contributed by atoms with E-state index in [1.165, 1.54) is 0 Å². The fourth-order valence-corrected chi connectivity index (χ4v) is 3.36. The van der Waals surface area contributed by atoms with Crippen LogP contribution < -0.4 is 10.5 Å². The van der Waals surface area contributed by atoms with Gasteiger partial charge in [0.2, 0.25) is 0 Å². The van der Waals surface area contributed by atoms with Gasteiger partial charge in [0.1, 0.15) is 12.0 Å². The highest BCUT2D eigenvalue weighted by Gasteiger charge is 2.37. The molecule has 0 aliphatic carbocycles. The average molecular weight is 271 g/mol. The first-order valence-electron chi connectivity index (χ1n) is 5.78. The molecule has 0 radical (unpaired) electrons. The third-order valence-corrected chi connectivity index (χ3v) is 5.47. The molecule has 5 nitrogen and oxygen atoms in total. The van der Waals surface area contributed by atoms with Gasteiger partial charge in [0.05, 0.1) is 0 Å². The Morgan fingerprint density at radius 1 is 1.06 bits per heavy atom. The smallest absolute Gasteiger partial charge is 0.476 e. The number of ether oxygens (including phenoxy) is 1. The minimum Gasteiger partial charge on any atom is -0.476 e. The normalized spacial score (nSPS) is 13.3. The number of hydrogen-bond donors (Lipinski definition) is 1. The summed E-state index contributed by atoms with van der Waals surface area (Å²) >= 11 is 0. The largest absolute Gasteiger partial charge is 0.500 e. The van der Waals surface area contributed by atoms with Crippen LogP contribution >= 0.6 is 0 Å². The van der Waals surface area contributed by atoms with Crippen LogP contribution in [0.5, 0.6) is 5.75 Å². The first-order chi connectivity index (χ1) is 8.65. The number of hydrogen-bond acceptors (Lipinski definition) is 5. The molecule has 1 aromatic carbocycles. The summed E-state index contributed by atoms with van der Waals surface area (Å²) in [5, 5.41) is 0. The zero-order chi connectivity index (χ0) is 13.4. The van der Waals surface area contributed by atoms with Crippen molar-refractivity contribution in [1.29, 1.82) is 0 Å². The first kappa shape index (κ1) is 15.1. The molecule has 0 aliphatic rings. The van der Waals surface area contributed by atoms with Crippen LogP contribution in [-0.2, 0) is 13.3 Å². The maximum absolute atomic E-state index is 5.91. The van der Waals surface area contributed by atoms with Gasteiger partial charge in [0, 0.05) is 33.8 Å². The molecule has 0 spiro atoms. The van der Waals surface area contributed by atoms with Gasteiger partial charge in [-0.15, -0.1) is 0 Å². The Bertz CT molecular complexity index is 324. The molecule has 1 rings (SSSR count). The number of rotatable bonds is 8.